The van der Waals surface area contributed by atoms with Crippen LogP contribution in [0.3, 0.4) is 0 Å². The molecule has 0 fully saturated rings. The summed E-state index contributed by atoms with van der Waals surface area (Å²) in [6.45, 7) is 4.61. The van der Waals surface area contributed by atoms with Crippen molar-refractivity contribution >= 4 is 73.4 Å². The first-order valence-corrected chi connectivity index (χ1v) is 16.0. The molecule has 1 heterocycles. The van der Waals surface area contributed by atoms with Gasteiger partial charge in [0.1, 0.15) is 6.61 Å². The lowest BCUT2D eigenvalue weighted by Gasteiger charge is -2.14. The molecule has 0 radical (unpaired) electrons. The van der Waals surface area contributed by atoms with Gasteiger partial charge in [-0.3, -0.25) is 4.79 Å². The van der Waals surface area contributed by atoms with Crippen molar-refractivity contribution < 1.29 is 14.3 Å². The van der Waals surface area contributed by atoms with Crippen molar-refractivity contribution in [2.45, 2.75) is 20.5 Å². The van der Waals surface area contributed by atoms with Gasteiger partial charge in [-0.15, -0.1) is 11.3 Å². The van der Waals surface area contributed by atoms with Gasteiger partial charge in [0.15, 0.2) is 16.6 Å². The second-order valence-electron chi connectivity index (χ2n) is 9.58. The summed E-state index contributed by atoms with van der Waals surface area (Å²) in [5.74, 6) is 0.723. The first kappa shape index (κ1) is 31.5. The van der Waals surface area contributed by atoms with Crippen LogP contribution in [0.15, 0.2) is 93.8 Å². The molecule has 5 rings (SSSR count). The zero-order valence-corrected chi connectivity index (χ0v) is 27.7. The second-order valence-corrected chi connectivity index (χ2v) is 12.1. The van der Waals surface area contributed by atoms with Crippen LogP contribution in [0.2, 0.25) is 10.0 Å². The maximum Gasteiger partial charge on any atom is 0.271 e. The highest BCUT2D eigenvalue weighted by molar-refractivity contribution is 9.10. The van der Waals surface area contributed by atoms with E-state index in [1.807, 2.05) is 42.6 Å². The Labute approximate surface area is 278 Å². The normalized spacial score (nSPS) is 11.0. The topological polar surface area (TPSA) is 84.8 Å². The maximum atomic E-state index is 12.8. The predicted molar refractivity (Wildman–Crippen MR) is 183 cm³/mol. The lowest BCUT2D eigenvalue weighted by atomic mass is 10.1. The SMILES string of the molecule is CCOc1cc(/C=N\NC(=O)c2ccc(-c3csc(Nc4ccc(C)cc4)n3)cc2)c(Br)cc1OCc1ccc(Cl)cc1Cl. The van der Waals surface area contributed by atoms with Gasteiger partial charge in [-0.25, -0.2) is 10.4 Å². The van der Waals surface area contributed by atoms with Crippen molar-refractivity contribution in [1.82, 2.24) is 10.4 Å². The number of nitrogens with one attached hydrogen (secondary N) is 2. The fourth-order valence-corrected chi connectivity index (χ4v) is 5.69. The Balaban J connectivity index is 1.20. The number of carbonyl (C=O) groups excluding carboxylic acids is 1. The third kappa shape index (κ3) is 8.18. The van der Waals surface area contributed by atoms with Crippen LogP contribution in [0.4, 0.5) is 10.8 Å². The monoisotopic (exact) mass is 708 g/mol. The highest BCUT2D eigenvalue weighted by atomic mass is 79.9. The van der Waals surface area contributed by atoms with Crippen molar-refractivity contribution in [3.8, 4) is 22.8 Å². The van der Waals surface area contributed by atoms with Crippen LogP contribution in [0.5, 0.6) is 11.5 Å². The largest absolute Gasteiger partial charge is 0.490 e. The third-order valence-electron chi connectivity index (χ3n) is 6.38. The number of benzene rings is 4. The molecule has 0 spiro atoms. The molecule has 0 aliphatic rings. The van der Waals surface area contributed by atoms with Gasteiger partial charge in [0.05, 0.1) is 18.5 Å². The molecule has 44 heavy (non-hydrogen) atoms. The summed E-state index contributed by atoms with van der Waals surface area (Å²) >= 11 is 17.4. The summed E-state index contributed by atoms with van der Waals surface area (Å²) in [6.07, 6.45) is 1.54. The number of halogens is 3. The third-order valence-corrected chi connectivity index (χ3v) is 8.41. The Morgan fingerprint density at radius 1 is 1.00 bits per heavy atom. The van der Waals surface area contributed by atoms with Gasteiger partial charge in [-0.2, -0.15) is 5.10 Å². The summed E-state index contributed by atoms with van der Waals surface area (Å²) in [6, 6.07) is 24.2. The number of hydrazone groups is 1. The molecule has 0 bridgehead atoms. The minimum Gasteiger partial charge on any atom is -0.490 e. The summed E-state index contributed by atoms with van der Waals surface area (Å²) in [5.41, 5.74) is 8.46. The molecule has 0 saturated carbocycles. The highest BCUT2D eigenvalue weighted by Crippen LogP contribution is 2.34. The molecule has 2 N–H and O–H groups in total. The van der Waals surface area contributed by atoms with Crippen LogP contribution in [0, 0.1) is 6.92 Å². The standard InChI is InChI=1S/C33H27BrCl2N4O3S/c1-3-42-30-14-24(27(34)16-31(30)43-18-23-10-11-25(35)15-28(23)36)17-37-40-32(41)22-8-6-21(7-9-22)29-19-44-33(39-29)38-26-12-4-20(2)5-13-26/h4-17,19H,3,18H2,1-2H3,(H,38,39)(H,40,41)/b37-17-. The molecular formula is C33H27BrCl2N4O3S. The zero-order chi connectivity index (χ0) is 31.1. The molecule has 5 aromatic rings. The quantitative estimate of drug-likeness (QED) is 0.105. The van der Waals surface area contributed by atoms with E-state index in [0.29, 0.717) is 43.8 Å². The Morgan fingerprint density at radius 3 is 2.48 bits per heavy atom. The van der Waals surface area contributed by atoms with E-state index in [0.717, 1.165) is 27.6 Å². The van der Waals surface area contributed by atoms with Crippen molar-refractivity contribution in [3.63, 3.8) is 0 Å². The maximum absolute atomic E-state index is 12.8. The molecule has 1 amide bonds. The molecule has 7 nitrogen and oxygen atoms in total. The van der Waals surface area contributed by atoms with E-state index < -0.39 is 0 Å². The molecule has 4 aromatic carbocycles. The Hall–Kier alpha value is -3.89. The van der Waals surface area contributed by atoms with Crippen molar-refractivity contribution in [1.29, 1.82) is 0 Å². The fraction of sp³-hybridized carbons (Fsp3) is 0.121. The number of hydrogen-bond acceptors (Lipinski definition) is 7. The number of aryl methyl sites for hydroxylation is 1. The van der Waals surface area contributed by atoms with Gasteiger partial charge < -0.3 is 14.8 Å². The molecule has 0 aliphatic carbocycles. The zero-order valence-electron chi connectivity index (χ0n) is 23.7. The second kappa shape index (κ2) is 14.7. The number of nitrogens with zero attached hydrogens (tertiary/aromatic N) is 2. The lowest BCUT2D eigenvalue weighted by molar-refractivity contribution is 0.0955. The number of amides is 1. The van der Waals surface area contributed by atoms with Crippen molar-refractivity contribution in [2.75, 3.05) is 11.9 Å². The number of anilines is 2. The van der Waals surface area contributed by atoms with E-state index in [2.05, 4.69) is 55.8 Å². The average molecular weight is 710 g/mol. The molecule has 1 aromatic heterocycles. The predicted octanol–water partition coefficient (Wildman–Crippen LogP) is 9.67. The van der Waals surface area contributed by atoms with Crippen LogP contribution >= 0.6 is 50.5 Å². The van der Waals surface area contributed by atoms with Crippen LogP contribution in [-0.4, -0.2) is 23.7 Å². The number of rotatable bonds is 11. The molecule has 0 atom stereocenters. The fourth-order valence-electron chi connectivity index (χ4n) is 4.07. The van der Waals surface area contributed by atoms with E-state index in [1.165, 1.54) is 23.1 Å². The number of aromatic nitrogens is 1. The minimum absolute atomic E-state index is 0.235. The van der Waals surface area contributed by atoms with E-state index in [9.17, 15) is 4.79 Å². The smallest absolute Gasteiger partial charge is 0.271 e. The summed E-state index contributed by atoms with van der Waals surface area (Å²) in [5, 5.41) is 11.3. The molecular weight excluding hydrogens is 683 g/mol. The van der Waals surface area contributed by atoms with Gasteiger partial charge >= 0.3 is 0 Å². The summed E-state index contributed by atoms with van der Waals surface area (Å²) in [7, 11) is 0. The van der Waals surface area contributed by atoms with Crippen LogP contribution in [0.25, 0.3) is 11.3 Å². The minimum atomic E-state index is -0.339. The van der Waals surface area contributed by atoms with Crippen LogP contribution < -0.4 is 20.2 Å². The van der Waals surface area contributed by atoms with Gasteiger partial charge in [0.2, 0.25) is 0 Å². The number of hydrogen-bond donors (Lipinski definition) is 2. The Morgan fingerprint density at radius 2 is 1.75 bits per heavy atom. The number of carbonyl (C=O) groups is 1. The van der Waals surface area contributed by atoms with E-state index in [-0.39, 0.29) is 12.5 Å². The number of thiazole rings is 1. The van der Waals surface area contributed by atoms with Crippen LogP contribution in [-0.2, 0) is 6.61 Å². The van der Waals surface area contributed by atoms with Gasteiger partial charge in [-0.05, 0) is 78.3 Å². The molecule has 0 unspecified atom stereocenters. The van der Waals surface area contributed by atoms with Gasteiger partial charge in [0, 0.05) is 47.8 Å². The van der Waals surface area contributed by atoms with Crippen LogP contribution in [0.1, 0.15) is 34.0 Å². The van der Waals surface area contributed by atoms with E-state index in [1.54, 1.807) is 36.4 Å². The Bertz CT molecular complexity index is 1790. The lowest BCUT2D eigenvalue weighted by Crippen LogP contribution is -2.17. The van der Waals surface area contributed by atoms with Gasteiger partial charge in [-0.1, -0.05) is 59.1 Å². The molecule has 0 aliphatic heterocycles. The number of ether oxygens (including phenoxy) is 2. The average Bonchev–Trinajstić information content (AvgIpc) is 3.48. The molecule has 11 heteroatoms. The summed E-state index contributed by atoms with van der Waals surface area (Å²) in [4.78, 5) is 17.4. The van der Waals surface area contributed by atoms with E-state index >= 15 is 0 Å². The van der Waals surface area contributed by atoms with Gasteiger partial charge in [0.25, 0.3) is 5.91 Å². The van der Waals surface area contributed by atoms with E-state index in [4.69, 9.17) is 32.7 Å². The first-order valence-electron chi connectivity index (χ1n) is 13.5. The highest BCUT2D eigenvalue weighted by Gasteiger charge is 2.13. The summed E-state index contributed by atoms with van der Waals surface area (Å²) < 4.78 is 12.5. The molecule has 224 valence electrons. The molecule has 0 saturated heterocycles. The van der Waals surface area contributed by atoms with Crippen molar-refractivity contribution in [2.24, 2.45) is 5.10 Å². The first-order chi connectivity index (χ1) is 21.3. The Kier molecular flexibility index (Phi) is 10.6. The van der Waals surface area contributed by atoms with Crippen molar-refractivity contribution in [3.05, 3.63) is 121 Å².